The minimum atomic E-state index is -0.0587. The number of unbranched alkanes of at least 4 members (excludes halogenated alkanes) is 2. The van der Waals surface area contributed by atoms with Gasteiger partial charge in [-0.15, -0.1) is 11.3 Å². The summed E-state index contributed by atoms with van der Waals surface area (Å²) in [7, 11) is 3.17. The van der Waals surface area contributed by atoms with Crippen molar-refractivity contribution in [2.24, 2.45) is 11.8 Å². The molecule has 4 amide bonds. The van der Waals surface area contributed by atoms with Gasteiger partial charge in [0.25, 0.3) is 23.6 Å². The molecule has 6 aromatic rings. The van der Waals surface area contributed by atoms with Gasteiger partial charge in [0.2, 0.25) is 0 Å². The minimum absolute atomic E-state index is 0.000984. The zero-order valence-corrected chi connectivity index (χ0v) is 40.1. The van der Waals surface area contributed by atoms with Crippen molar-refractivity contribution in [1.82, 2.24) is 39.8 Å². The van der Waals surface area contributed by atoms with Crippen LogP contribution >= 0.6 is 11.3 Å². The van der Waals surface area contributed by atoms with Gasteiger partial charge in [0.15, 0.2) is 0 Å². The molecule has 5 aromatic heterocycles. The van der Waals surface area contributed by atoms with Gasteiger partial charge < -0.3 is 34.3 Å². The number of piperidine rings is 2. The van der Waals surface area contributed by atoms with Crippen LogP contribution in [0.3, 0.4) is 0 Å². The molecule has 67 heavy (non-hydrogen) atoms. The van der Waals surface area contributed by atoms with Crippen LogP contribution < -0.4 is 20.1 Å². The van der Waals surface area contributed by atoms with E-state index in [-0.39, 0.29) is 23.6 Å². The molecular weight excluding hydrogens is 865 g/mol. The molecule has 2 fully saturated rings. The van der Waals surface area contributed by atoms with E-state index in [4.69, 9.17) is 9.47 Å². The number of thiophene rings is 1. The van der Waals surface area contributed by atoms with E-state index in [1.807, 2.05) is 50.7 Å². The zero-order chi connectivity index (χ0) is 47.1. The van der Waals surface area contributed by atoms with Crippen LogP contribution in [0.15, 0.2) is 91.8 Å². The Morgan fingerprint density at radius 3 is 1.88 bits per heavy atom. The number of ether oxygens (including phenoxy) is 2. The fourth-order valence-electron chi connectivity index (χ4n) is 8.78. The van der Waals surface area contributed by atoms with E-state index in [0.29, 0.717) is 59.0 Å². The molecule has 0 atom stereocenters. The molecule has 0 saturated carbocycles. The fraction of sp³-hybridized carbons (Fsp3) is 0.442. The standard InChI is InChI=1S/C26H32N4O4.C26H32N4O2S/c1-33-22-15-21(16-23(17-22)34-2)26(32)29-12-8-19(9-13-29)5-3-4-10-28-25(31)20-6-7-24-27-11-14-30(24)18-20;1-18(2)22-7-6-21(16-29-22)26(32)30-13-9-19(10-14-30)5-3-4-11-28-25(31)23-15-20-8-12-27-17-24(20)33-23/h6-7,11,14-19H,3-5,8-10,12-13H2,1-2H3,(H,28,31);6-8,12,15-19H,3-5,9-11,13-14H2,1-2H3,(H,28,31). The number of imidazole rings is 1. The Kier molecular flexibility index (Phi) is 17.3. The average Bonchev–Trinajstić information content (AvgIpc) is 4.04. The van der Waals surface area contributed by atoms with E-state index in [2.05, 4.69) is 39.4 Å². The maximum Gasteiger partial charge on any atom is 0.261 e. The van der Waals surface area contributed by atoms with Crippen molar-refractivity contribution in [3.63, 3.8) is 0 Å². The first-order chi connectivity index (χ1) is 32.6. The molecule has 354 valence electrons. The molecule has 8 rings (SSSR count). The molecule has 2 aliphatic heterocycles. The van der Waals surface area contributed by atoms with Crippen LogP contribution in [0.1, 0.15) is 130 Å². The largest absolute Gasteiger partial charge is 0.497 e. The van der Waals surface area contributed by atoms with Crippen LogP contribution in [0, 0.1) is 11.8 Å². The summed E-state index contributed by atoms with van der Waals surface area (Å²) >= 11 is 1.48. The second-order valence-corrected chi connectivity index (χ2v) is 18.9. The molecule has 14 nitrogen and oxygen atoms in total. The number of amides is 4. The maximum atomic E-state index is 12.9. The zero-order valence-electron chi connectivity index (χ0n) is 39.2. The highest BCUT2D eigenvalue weighted by Gasteiger charge is 2.26. The molecular formula is C52H64N8O6S. The van der Waals surface area contributed by atoms with Crippen LogP contribution in [0.4, 0.5) is 0 Å². The van der Waals surface area contributed by atoms with E-state index in [9.17, 15) is 19.2 Å². The third-order valence-corrected chi connectivity index (χ3v) is 14.0. The summed E-state index contributed by atoms with van der Waals surface area (Å²) in [5.41, 5.74) is 3.76. The number of hydrogen-bond acceptors (Lipinski definition) is 10. The van der Waals surface area contributed by atoms with Gasteiger partial charge >= 0.3 is 0 Å². The van der Waals surface area contributed by atoms with Crippen molar-refractivity contribution in [2.75, 3.05) is 53.5 Å². The Balaban J connectivity index is 0.000000199. The first-order valence-corrected chi connectivity index (χ1v) is 24.5. The minimum Gasteiger partial charge on any atom is -0.497 e. The molecule has 1 aromatic carbocycles. The number of benzene rings is 1. The number of likely N-dealkylation sites (tertiary alicyclic amines) is 2. The third kappa shape index (κ3) is 13.4. The Morgan fingerprint density at radius 2 is 1.30 bits per heavy atom. The van der Waals surface area contributed by atoms with E-state index < -0.39 is 0 Å². The molecule has 2 N–H and O–H groups in total. The van der Waals surface area contributed by atoms with E-state index in [1.54, 1.807) is 69.5 Å². The van der Waals surface area contributed by atoms with Gasteiger partial charge in [0, 0.05) is 93.8 Å². The number of pyridine rings is 3. The molecule has 0 aliphatic carbocycles. The third-order valence-electron chi connectivity index (χ3n) is 12.9. The number of carbonyl (C=O) groups is 4. The number of aromatic nitrogens is 4. The number of carbonyl (C=O) groups excluding carboxylic acids is 4. The average molecular weight is 929 g/mol. The SMILES string of the molecule is CC(C)c1ccc(C(=O)N2CCC(CCCCNC(=O)c3cc4ccncc4s3)CC2)cn1.COc1cc(OC)cc(C(=O)N2CCC(CCCCNC(=O)c3ccc4nccn4c3)CC2)c1. The summed E-state index contributed by atoms with van der Waals surface area (Å²) in [6, 6.07) is 16.7. The van der Waals surface area contributed by atoms with Crippen LogP contribution in [-0.2, 0) is 0 Å². The first kappa shape index (κ1) is 48.6. The van der Waals surface area contributed by atoms with Crippen molar-refractivity contribution in [3.8, 4) is 11.5 Å². The molecule has 2 saturated heterocycles. The summed E-state index contributed by atoms with van der Waals surface area (Å²) in [5.74, 6) is 2.92. The van der Waals surface area contributed by atoms with Crippen LogP contribution in [0.2, 0.25) is 0 Å². The van der Waals surface area contributed by atoms with Gasteiger partial charge in [-0.05, 0) is 110 Å². The summed E-state index contributed by atoms with van der Waals surface area (Å²) < 4.78 is 13.5. The number of hydrogen-bond donors (Lipinski definition) is 2. The Labute approximate surface area is 397 Å². The van der Waals surface area contributed by atoms with Gasteiger partial charge in [0.05, 0.1) is 34.9 Å². The summed E-state index contributed by atoms with van der Waals surface area (Å²) in [4.78, 5) is 67.8. The lowest BCUT2D eigenvalue weighted by Gasteiger charge is -2.32. The number of nitrogens with one attached hydrogen (secondary N) is 2. The number of rotatable bonds is 17. The topological polar surface area (TPSA) is 160 Å². The Bertz CT molecular complexity index is 2520. The molecule has 7 heterocycles. The smallest absolute Gasteiger partial charge is 0.261 e. The molecule has 0 radical (unpaired) electrons. The predicted molar refractivity (Wildman–Crippen MR) is 262 cm³/mol. The predicted octanol–water partition coefficient (Wildman–Crippen LogP) is 9.07. The summed E-state index contributed by atoms with van der Waals surface area (Å²) in [6.45, 7) is 8.71. The summed E-state index contributed by atoms with van der Waals surface area (Å²) in [6.07, 6.45) is 21.1. The molecule has 0 spiro atoms. The van der Waals surface area contributed by atoms with Gasteiger partial charge in [-0.1, -0.05) is 39.5 Å². The van der Waals surface area contributed by atoms with Gasteiger partial charge in [-0.2, -0.15) is 0 Å². The van der Waals surface area contributed by atoms with Crippen LogP contribution in [0.25, 0.3) is 15.7 Å². The highest BCUT2D eigenvalue weighted by atomic mass is 32.1. The van der Waals surface area contributed by atoms with Crippen molar-refractivity contribution >= 4 is 50.7 Å². The number of fused-ring (bicyclic) bond motifs is 2. The van der Waals surface area contributed by atoms with Crippen LogP contribution in [-0.4, -0.2) is 106 Å². The van der Waals surface area contributed by atoms with Gasteiger partial charge in [-0.25, -0.2) is 4.98 Å². The first-order valence-electron chi connectivity index (χ1n) is 23.7. The molecule has 0 bridgehead atoms. The van der Waals surface area contributed by atoms with Crippen molar-refractivity contribution < 1.29 is 28.7 Å². The van der Waals surface area contributed by atoms with Gasteiger partial charge in [-0.3, -0.25) is 29.1 Å². The van der Waals surface area contributed by atoms with Crippen molar-refractivity contribution in [1.29, 1.82) is 0 Å². The summed E-state index contributed by atoms with van der Waals surface area (Å²) in [5, 5.41) is 7.11. The number of methoxy groups -OCH3 is 2. The monoisotopic (exact) mass is 928 g/mol. The van der Waals surface area contributed by atoms with Crippen molar-refractivity contribution in [2.45, 2.75) is 84.0 Å². The molecule has 0 unspecified atom stereocenters. The maximum absolute atomic E-state index is 12.9. The quantitative estimate of drug-likeness (QED) is 0.0851. The van der Waals surface area contributed by atoms with E-state index in [1.165, 1.54) is 11.3 Å². The second-order valence-electron chi connectivity index (χ2n) is 17.8. The second kappa shape index (κ2) is 23.9. The van der Waals surface area contributed by atoms with E-state index >= 15 is 0 Å². The highest BCUT2D eigenvalue weighted by Crippen LogP contribution is 2.28. The molecule has 2 aliphatic rings. The lowest BCUT2D eigenvalue weighted by atomic mass is 9.91. The van der Waals surface area contributed by atoms with Gasteiger partial charge in [0.1, 0.15) is 17.1 Å². The molecule has 15 heteroatoms. The van der Waals surface area contributed by atoms with Crippen molar-refractivity contribution in [3.05, 3.63) is 119 Å². The van der Waals surface area contributed by atoms with E-state index in [0.717, 1.165) is 117 Å². The fourth-order valence-corrected chi connectivity index (χ4v) is 9.72. The Morgan fingerprint density at radius 1 is 0.687 bits per heavy atom. The van der Waals surface area contributed by atoms with Crippen LogP contribution in [0.5, 0.6) is 11.5 Å². The Hall–Kier alpha value is -6.35. The lowest BCUT2D eigenvalue weighted by Crippen LogP contribution is -2.38. The number of nitrogens with zero attached hydrogens (tertiary/aromatic N) is 6. The normalized spacial score (nSPS) is 14.5. The lowest BCUT2D eigenvalue weighted by molar-refractivity contribution is 0.0677. The highest BCUT2D eigenvalue weighted by molar-refractivity contribution is 7.20.